The summed E-state index contributed by atoms with van der Waals surface area (Å²) < 4.78 is 1.97. The van der Waals surface area contributed by atoms with Crippen LogP contribution in [-0.2, 0) is 13.0 Å². The zero-order valence-corrected chi connectivity index (χ0v) is 10.3. The summed E-state index contributed by atoms with van der Waals surface area (Å²) in [4.78, 5) is 0. The van der Waals surface area contributed by atoms with Crippen LogP contribution >= 0.6 is 0 Å². The standard InChI is InChI=1S/C13H18N4/c1-3-13-12(9-14)15-16-17(13)10(2)11-7-5-4-6-8-11/h4-8,10H,3,9,14H2,1-2H3. The van der Waals surface area contributed by atoms with Gasteiger partial charge in [-0.2, -0.15) is 0 Å². The van der Waals surface area contributed by atoms with Crippen LogP contribution in [0.5, 0.6) is 0 Å². The summed E-state index contributed by atoms with van der Waals surface area (Å²) in [6, 6.07) is 10.5. The predicted octanol–water partition coefficient (Wildman–Crippen LogP) is 1.91. The van der Waals surface area contributed by atoms with Crippen LogP contribution in [0, 0.1) is 0 Å². The number of hydrogen-bond donors (Lipinski definition) is 1. The molecular weight excluding hydrogens is 212 g/mol. The van der Waals surface area contributed by atoms with Crippen molar-refractivity contribution in [1.82, 2.24) is 15.0 Å². The van der Waals surface area contributed by atoms with Crippen LogP contribution in [0.3, 0.4) is 0 Å². The minimum atomic E-state index is 0.193. The molecule has 1 heterocycles. The second kappa shape index (κ2) is 5.10. The van der Waals surface area contributed by atoms with Gasteiger partial charge in [0, 0.05) is 6.54 Å². The fourth-order valence-corrected chi connectivity index (χ4v) is 2.05. The quantitative estimate of drug-likeness (QED) is 0.872. The number of nitrogens with two attached hydrogens (primary N) is 1. The second-order valence-corrected chi connectivity index (χ2v) is 4.07. The molecule has 0 aliphatic heterocycles. The molecule has 0 bridgehead atoms. The van der Waals surface area contributed by atoms with Gasteiger partial charge in [0.2, 0.25) is 0 Å². The molecule has 1 unspecified atom stereocenters. The van der Waals surface area contributed by atoms with E-state index in [0.717, 1.165) is 17.8 Å². The average Bonchev–Trinajstić information content (AvgIpc) is 2.81. The smallest absolute Gasteiger partial charge is 0.0994 e. The molecule has 0 aliphatic rings. The lowest BCUT2D eigenvalue weighted by Gasteiger charge is -2.14. The van der Waals surface area contributed by atoms with Crippen LogP contribution in [0.2, 0.25) is 0 Å². The lowest BCUT2D eigenvalue weighted by molar-refractivity contribution is 0.523. The first-order chi connectivity index (χ1) is 8.27. The summed E-state index contributed by atoms with van der Waals surface area (Å²) in [7, 11) is 0. The van der Waals surface area contributed by atoms with Crippen molar-refractivity contribution in [2.24, 2.45) is 5.73 Å². The van der Waals surface area contributed by atoms with E-state index < -0.39 is 0 Å². The fourth-order valence-electron chi connectivity index (χ4n) is 2.05. The van der Waals surface area contributed by atoms with Gasteiger partial charge < -0.3 is 5.73 Å². The molecule has 4 nitrogen and oxygen atoms in total. The molecule has 1 aromatic carbocycles. The average molecular weight is 230 g/mol. The first-order valence-electron chi connectivity index (χ1n) is 5.95. The minimum Gasteiger partial charge on any atom is -0.325 e. The van der Waals surface area contributed by atoms with Gasteiger partial charge in [0.25, 0.3) is 0 Å². The molecule has 0 spiro atoms. The van der Waals surface area contributed by atoms with Crippen molar-refractivity contribution in [3.8, 4) is 0 Å². The Hall–Kier alpha value is -1.68. The second-order valence-electron chi connectivity index (χ2n) is 4.07. The third-order valence-corrected chi connectivity index (χ3v) is 3.05. The first kappa shape index (κ1) is 11.8. The first-order valence-corrected chi connectivity index (χ1v) is 5.95. The molecule has 0 fully saturated rings. The van der Waals surface area contributed by atoms with E-state index in [-0.39, 0.29) is 6.04 Å². The molecule has 90 valence electrons. The van der Waals surface area contributed by atoms with Gasteiger partial charge in [-0.3, -0.25) is 0 Å². The van der Waals surface area contributed by atoms with Gasteiger partial charge in [-0.15, -0.1) is 5.10 Å². The minimum absolute atomic E-state index is 0.193. The number of hydrogen-bond acceptors (Lipinski definition) is 3. The maximum Gasteiger partial charge on any atom is 0.0994 e. The predicted molar refractivity (Wildman–Crippen MR) is 67.5 cm³/mol. The highest BCUT2D eigenvalue weighted by Gasteiger charge is 2.15. The molecule has 0 saturated heterocycles. The van der Waals surface area contributed by atoms with Crippen molar-refractivity contribution in [3.63, 3.8) is 0 Å². The molecule has 0 amide bonds. The van der Waals surface area contributed by atoms with Crippen LogP contribution in [-0.4, -0.2) is 15.0 Å². The largest absolute Gasteiger partial charge is 0.325 e. The van der Waals surface area contributed by atoms with Crippen molar-refractivity contribution < 1.29 is 0 Å². The van der Waals surface area contributed by atoms with Crippen LogP contribution < -0.4 is 5.73 Å². The lowest BCUT2D eigenvalue weighted by atomic mass is 10.1. The summed E-state index contributed by atoms with van der Waals surface area (Å²) >= 11 is 0. The van der Waals surface area contributed by atoms with Crippen molar-refractivity contribution >= 4 is 0 Å². The van der Waals surface area contributed by atoms with Crippen molar-refractivity contribution in [2.75, 3.05) is 0 Å². The lowest BCUT2D eigenvalue weighted by Crippen LogP contribution is -2.12. The van der Waals surface area contributed by atoms with Gasteiger partial charge in [0.05, 0.1) is 17.4 Å². The molecule has 2 N–H and O–H groups in total. The third kappa shape index (κ3) is 2.22. The molecule has 1 atom stereocenters. The van der Waals surface area contributed by atoms with Gasteiger partial charge in [-0.05, 0) is 18.9 Å². The Bertz CT molecular complexity index is 475. The molecule has 2 rings (SSSR count). The van der Waals surface area contributed by atoms with E-state index in [2.05, 4.69) is 36.3 Å². The molecule has 0 radical (unpaired) electrons. The Morgan fingerprint density at radius 1 is 1.29 bits per heavy atom. The summed E-state index contributed by atoms with van der Waals surface area (Å²) in [5.41, 5.74) is 8.92. The molecule has 1 aromatic heterocycles. The molecule has 4 heteroatoms. The van der Waals surface area contributed by atoms with Crippen molar-refractivity contribution in [3.05, 3.63) is 47.3 Å². The zero-order valence-electron chi connectivity index (χ0n) is 10.3. The number of rotatable bonds is 4. The number of nitrogens with zero attached hydrogens (tertiary/aromatic N) is 3. The van der Waals surface area contributed by atoms with Crippen LogP contribution in [0.1, 0.15) is 36.8 Å². The Morgan fingerprint density at radius 3 is 2.59 bits per heavy atom. The number of benzene rings is 1. The van der Waals surface area contributed by atoms with Crippen LogP contribution in [0.4, 0.5) is 0 Å². The normalized spacial score (nSPS) is 12.6. The van der Waals surface area contributed by atoms with Crippen molar-refractivity contribution in [1.29, 1.82) is 0 Å². The fraction of sp³-hybridized carbons (Fsp3) is 0.385. The van der Waals surface area contributed by atoms with E-state index in [4.69, 9.17) is 5.73 Å². The Labute approximate surface area is 101 Å². The zero-order chi connectivity index (χ0) is 12.3. The van der Waals surface area contributed by atoms with Crippen LogP contribution in [0.15, 0.2) is 30.3 Å². The van der Waals surface area contributed by atoms with E-state index in [9.17, 15) is 0 Å². The van der Waals surface area contributed by atoms with Gasteiger partial charge in [0.15, 0.2) is 0 Å². The summed E-state index contributed by atoms with van der Waals surface area (Å²) in [6.45, 7) is 4.68. The van der Waals surface area contributed by atoms with E-state index in [0.29, 0.717) is 6.54 Å². The molecule has 0 aliphatic carbocycles. The van der Waals surface area contributed by atoms with Gasteiger partial charge >= 0.3 is 0 Å². The molecule has 0 saturated carbocycles. The summed E-state index contributed by atoms with van der Waals surface area (Å²) in [6.07, 6.45) is 0.900. The molecule has 2 aromatic rings. The topological polar surface area (TPSA) is 56.7 Å². The third-order valence-electron chi connectivity index (χ3n) is 3.05. The summed E-state index contributed by atoms with van der Waals surface area (Å²) in [5.74, 6) is 0. The van der Waals surface area contributed by atoms with Gasteiger partial charge in [0.1, 0.15) is 0 Å². The highest BCUT2D eigenvalue weighted by Crippen LogP contribution is 2.19. The van der Waals surface area contributed by atoms with E-state index in [1.807, 2.05) is 22.9 Å². The monoisotopic (exact) mass is 230 g/mol. The van der Waals surface area contributed by atoms with Crippen molar-refractivity contribution in [2.45, 2.75) is 32.9 Å². The summed E-state index contributed by atoms with van der Waals surface area (Å²) in [5, 5.41) is 8.36. The van der Waals surface area contributed by atoms with E-state index >= 15 is 0 Å². The maximum absolute atomic E-state index is 5.66. The van der Waals surface area contributed by atoms with Gasteiger partial charge in [-0.1, -0.05) is 42.5 Å². The van der Waals surface area contributed by atoms with E-state index in [1.165, 1.54) is 5.56 Å². The highest BCUT2D eigenvalue weighted by molar-refractivity contribution is 5.21. The van der Waals surface area contributed by atoms with Gasteiger partial charge in [-0.25, -0.2) is 4.68 Å². The maximum atomic E-state index is 5.66. The SMILES string of the molecule is CCc1c(CN)nnn1C(C)c1ccccc1. The van der Waals surface area contributed by atoms with Crippen LogP contribution in [0.25, 0.3) is 0 Å². The number of aromatic nitrogens is 3. The Kier molecular flexibility index (Phi) is 3.54. The molecule has 17 heavy (non-hydrogen) atoms. The Balaban J connectivity index is 2.37. The molecular formula is C13H18N4. The van der Waals surface area contributed by atoms with E-state index in [1.54, 1.807) is 0 Å². The Morgan fingerprint density at radius 2 is 2.00 bits per heavy atom. The highest BCUT2D eigenvalue weighted by atomic mass is 15.4.